The van der Waals surface area contributed by atoms with E-state index in [0.717, 1.165) is 46.3 Å². The second kappa shape index (κ2) is 13.8. The number of halogens is 3. The Morgan fingerprint density at radius 2 is 1.60 bits per heavy atom. The van der Waals surface area contributed by atoms with E-state index in [0.29, 0.717) is 11.3 Å². The van der Waals surface area contributed by atoms with Crippen LogP contribution >= 0.6 is 11.8 Å². The predicted molar refractivity (Wildman–Crippen MR) is 170 cm³/mol. The Kier molecular flexibility index (Phi) is 9.52. The van der Waals surface area contributed by atoms with Gasteiger partial charge >= 0.3 is 6.36 Å². The summed E-state index contributed by atoms with van der Waals surface area (Å²) in [4.78, 5) is 10.4. The summed E-state index contributed by atoms with van der Waals surface area (Å²) >= 11 is 1.69. The molecule has 1 aliphatic rings. The van der Waals surface area contributed by atoms with Gasteiger partial charge < -0.3 is 15.4 Å². The van der Waals surface area contributed by atoms with Gasteiger partial charge in [-0.05, 0) is 47.9 Å². The SMILES string of the molecule is NC(=NC=Nc1ccc(OC(F)(F)F)cc1)c1ccc(/C=N/N=C2\SCCCN2c2ccccc2-c2ccccc2)cc1. The first-order valence-electron chi connectivity index (χ1n) is 13.3. The van der Waals surface area contributed by atoms with Crippen LogP contribution in [0.1, 0.15) is 17.5 Å². The van der Waals surface area contributed by atoms with Gasteiger partial charge in [0.05, 0.1) is 17.6 Å². The van der Waals surface area contributed by atoms with Gasteiger partial charge in [-0.25, -0.2) is 9.98 Å². The van der Waals surface area contributed by atoms with Gasteiger partial charge in [0, 0.05) is 23.4 Å². The zero-order valence-corrected chi connectivity index (χ0v) is 23.7. The Balaban J connectivity index is 1.23. The fourth-order valence-corrected chi connectivity index (χ4v) is 5.19. The molecule has 0 unspecified atom stereocenters. The number of benzene rings is 4. The number of anilines is 1. The van der Waals surface area contributed by atoms with Gasteiger partial charge in [0.2, 0.25) is 0 Å². The van der Waals surface area contributed by atoms with Gasteiger partial charge in [-0.3, -0.25) is 0 Å². The van der Waals surface area contributed by atoms with Crippen LogP contribution in [0.2, 0.25) is 0 Å². The summed E-state index contributed by atoms with van der Waals surface area (Å²) in [6, 6.07) is 31.1. The minimum absolute atomic E-state index is 0.232. The van der Waals surface area contributed by atoms with E-state index in [1.807, 2.05) is 54.6 Å². The molecular formula is C32H27F3N6OS. The lowest BCUT2D eigenvalue weighted by molar-refractivity contribution is -0.274. The number of rotatable bonds is 8. The number of ether oxygens (including phenoxy) is 1. The van der Waals surface area contributed by atoms with E-state index in [2.05, 4.69) is 54.1 Å². The number of aliphatic imine (C=N–C) groups is 2. The molecule has 1 aliphatic heterocycles. The Morgan fingerprint density at radius 3 is 2.35 bits per heavy atom. The lowest BCUT2D eigenvalue weighted by Gasteiger charge is -2.30. The van der Waals surface area contributed by atoms with Crippen LogP contribution in [0.5, 0.6) is 5.75 Å². The molecule has 0 spiro atoms. The van der Waals surface area contributed by atoms with Crippen molar-refractivity contribution >= 4 is 46.7 Å². The molecule has 2 N–H and O–H groups in total. The average molecular weight is 601 g/mol. The van der Waals surface area contributed by atoms with E-state index in [1.165, 1.54) is 30.6 Å². The minimum Gasteiger partial charge on any atom is -0.406 e. The van der Waals surface area contributed by atoms with E-state index in [-0.39, 0.29) is 11.6 Å². The molecule has 11 heteroatoms. The number of nitrogens with zero attached hydrogens (tertiary/aromatic N) is 5. The molecule has 0 aromatic heterocycles. The largest absolute Gasteiger partial charge is 0.573 e. The first kappa shape index (κ1) is 29.6. The van der Waals surface area contributed by atoms with Crippen molar-refractivity contribution in [1.82, 2.24) is 0 Å². The number of nitrogens with two attached hydrogens (primary N) is 1. The second-order valence-electron chi connectivity index (χ2n) is 9.29. The van der Waals surface area contributed by atoms with E-state index < -0.39 is 6.36 Å². The van der Waals surface area contributed by atoms with Gasteiger partial charge in [-0.1, -0.05) is 84.6 Å². The van der Waals surface area contributed by atoms with Crippen molar-refractivity contribution < 1.29 is 17.9 Å². The summed E-state index contributed by atoms with van der Waals surface area (Å²) in [5.41, 5.74) is 11.4. The number of hydrogen-bond acceptors (Lipinski definition) is 5. The van der Waals surface area contributed by atoms with E-state index in [4.69, 9.17) is 5.73 Å². The van der Waals surface area contributed by atoms with Crippen LogP contribution in [0.25, 0.3) is 11.1 Å². The smallest absolute Gasteiger partial charge is 0.406 e. The quantitative estimate of drug-likeness (QED) is 0.128. The van der Waals surface area contributed by atoms with E-state index in [1.54, 1.807) is 18.0 Å². The summed E-state index contributed by atoms with van der Waals surface area (Å²) in [6.07, 6.45) is -0.767. The maximum atomic E-state index is 12.3. The molecule has 7 nitrogen and oxygen atoms in total. The number of para-hydroxylation sites is 1. The van der Waals surface area contributed by atoms with Crippen molar-refractivity contribution in [2.45, 2.75) is 12.8 Å². The van der Waals surface area contributed by atoms with Crippen LogP contribution in [0, 0.1) is 0 Å². The first-order valence-corrected chi connectivity index (χ1v) is 14.3. The summed E-state index contributed by atoms with van der Waals surface area (Å²) < 4.78 is 40.7. The molecule has 0 bridgehead atoms. The Morgan fingerprint density at radius 1 is 0.884 bits per heavy atom. The molecule has 218 valence electrons. The molecule has 43 heavy (non-hydrogen) atoms. The predicted octanol–water partition coefficient (Wildman–Crippen LogP) is 7.65. The Hall–Kier alpha value is -4.90. The molecule has 0 atom stereocenters. The molecule has 5 rings (SSSR count). The number of alkyl halides is 3. The third-order valence-corrected chi connectivity index (χ3v) is 7.35. The van der Waals surface area contributed by atoms with Gasteiger partial charge in [0.1, 0.15) is 17.9 Å². The van der Waals surface area contributed by atoms with Crippen LogP contribution in [-0.2, 0) is 0 Å². The Bertz CT molecular complexity index is 1640. The van der Waals surface area contributed by atoms with Crippen molar-refractivity contribution in [3.63, 3.8) is 0 Å². The zero-order chi connectivity index (χ0) is 30.1. The standard InChI is InChI=1S/C32H27F3N6OS/c33-32(34,35)42-27-17-15-26(16-18-27)37-22-38-30(36)25-13-11-23(12-14-25)21-39-40-31-41(19-6-20-43-31)29-10-5-4-9-28(29)24-7-2-1-3-8-24/h1-5,7-18,21-22H,6,19-20H2,(H2,36,37,38)/b39-21+,40-31-. The normalized spacial score (nSPS) is 15.5. The summed E-state index contributed by atoms with van der Waals surface area (Å²) in [5.74, 6) is 0.885. The monoisotopic (exact) mass is 600 g/mol. The van der Waals surface area contributed by atoms with Gasteiger partial charge in [0.15, 0.2) is 5.17 Å². The molecule has 0 radical (unpaired) electrons. The topological polar surface area (TPSA) is 87.9 Å². The molecule has 4 aromatic rings. The molecule has 1 fully saturated rings. The summed E-state index contributed by atoms with van der Waals surface area (Å²) in [5, 5.41) is 9.79. The van der Waals surface area contributed by atoms with Crippen molar-refractivity contribution in [2.24, 2.45) is 25.9 Å². The third kappa shape index (κ3) is 8.32. The Labute approximate surface area is 251 Å². The number of thioether (sulfide) groups is 1. The highest BCUT2D eigenvalue weighted by Crippen LogP contribution is 2.34. The second-order valence-corrected chi connectivity index (χ2v) is 10.3. The van der Waals surface area contributed by atoms with Gasteiger partial charge in [0.25, 0.3) is 0 Å². The molecule has 0 saturated carbocycles. The van der Waals surface area contributed by atoms with Crippen molar-refractivity contribution in [3.8, 4) is 16.9 Å². The lowest BCUT2D eigenvalue weighted by Crippen LogP contribution is -2.34. The lowest BCUT2D eigenvalue weighted by atomic mass is 10.0. The van der Waals surface area contributed by atoms with Crippen molar-refractivity contribution in [1.29, 1.82) is 0 Å². The first-order chi connectivity index (χ1) is 20.9. The highest BCUT2D eigenvalue weighted by Gasteiger charge is 2.31. The van der Waals surface area contributed by atoms with Crippen LogP contribution in [0.15, 0.2) is 123 Å². The van der Waals surface area contributed by atoms with E-state index in [9.17, 15) is 13.2 Å². The van der Waals surface area contributed by atoms with Crippen LogP contribution in [-0.4, -0.2) is 42.2 Å². The van der Waals surface area contributed by atoms with Crippen LogP contribution in [0.4, 0.5) is 24.5 Å². The maximum Gasteiger partial charge on any atom is 0.573 e. The molecule has 0 amide bonds. The highest BCUT2D eigenvalue weighted by atomic mass is 32.2. The molecule has 1 heterocycles. The zero-order valence-electron chi connectivity index (χ0n) is 22.9. The maximum absolute atomic E-state index is 12.3. The van der Waals surface area contributed by atoms with Crippen molar-refractivity contribution in [2.75, 3.05) is 17.2 Å². The minimum atomic E-state index is -4.75. The van der Waals surface area contributed by atoms with Crippen LogP contribution < -0.4 is 15.4 Å². The molecular weight excluding hydrogens is 573 g/mol. The fraction of sp³-hybridized carbons (Fsp3) is 0.125. The van der Waals surface area contributed by atoms with Crippen LogP contribution in [0.3, 0.4) is 0 Å². The highest BCUT2D eigenvalue weighted by molar-refractivity contribution is 8.14. The molecule has 4 aromatic carbocycles. The fourth-order valence-electron chi connectivity index (χ4n) is 4.29. The number of amidine groups is 2. The average Bonchev–Trinajstić information content (AvgIpc) is 3.02. The van der Waals surface area contributed by atoms with E-state index >= 15 is 0 Å². The molecule has 1 saturated heterocycles. The summed E-state index contributed by atoms with van der Waals surface area (Å²) in [7, 11) is 0. The summed E-state index contributed by atoms with van der Waals surface area (Å²) in [6.45, 7) is 0.861. The number of hydrogen-bond donors (Lipinski definition) is 1. The molecule has 0 aliphatic carbocycles. The van der Waals surface area contributed by atoms with Gasteiger partial charge in [-0.2, -0.15) is 5.10 Å². The third-order valence-electron chi connectivity index (χ3n) is 6.30. The van der Waals surface area contributed by atoms with Gasteiger partial charge in [-0.15, -0.1) is 18.3 Å². The van der Waals surface area contributed by atoms with Crippen molar-refractivity contribution in [3.05, 3.63) is 114 Å².